The van der Waals surface area contributed by atoms with E-state index in [0.717, 1.165) is 5.56 Å². The van der Waals surface area contributed by atoms with Gasteiger partial charge in [-0.05, 0) is 41.8 Å². The van der Waals surface area contributed by atoms with E-state index in [-0.39, 0.29) is 11.9 Å². The van der Waals surface area contributed by atoms with Crippen LogP contribution in [0.25, 0.3) is 0 Å². The van der Waals surface area contributed by atoms with Gasteiger partial charge in [0.05, 0.1) is 6.54 Å². The smallest absolute Gasteiger partial charge is 0.407 e. The van der Waals surface area contributed by atoms with E-state index in [4.69, 9.17) is 4.74 Å². The summed E-state index contributed by atoms with van der Waals surface area (Å²) in [5, 5.41) is 2.53. The summed E-state index contributed by atoms with van der Waals surface area (Å²) < 4.78 is 30.1. The summed E-state index contributed by atoms with van der Waals surface area (Å²) in [6.45, 7) is 0.449. The minimum absolute atomic E-state index is 0.284. The first-order chi connectivity index (χ1) is 13.6. The van der Waals surface area contributed by atoms with Crippen molar-refractivity contribution >= 4 is 6.09 Å². The molecule has 1 aliphatic rings. The molecule has 0 saturated carbocycles. The predicted molar refractivity (Wildman–Crippen MR) is 98.0 cm³/mol. The molecule has 2 aromatic heterocycles. The first-order valence-corrected chi connectivity index (χ1v) is 8.35. The van der Waals surface area contributed by atoms with Gasteiger partial charge in [0, 0.05) is 24.0 Å². The lowest BCUT2D eigenvalue weighted by Crippen LogP contribution is -2.12. The average molecular weight is 379 g/mol. The highest BCUT2D eigenvalue weighted by atomic mass is 19.1. The van der Waals surface area contributed by atoms with Crippen LogP contribution >= 0.6 is 0 Å². The van der Waals surface area contributed by atoms with E-state index in [1.54, 1.807) is 30.5 Å². The van der Waals surface area contributed by atoms with Gasteiger partial charge in [-0.15, -0.1) is 0 Å². The molecule has 140 valence electrons. The molecule has 0 unspecified atom stereocenters. The molecule has 5 nitrogen and oxygen atoms in total. The fourth-order valence-electron chi connectivity index (χ4n) is 2.31. The maximum absolute atomic E-state index is 12.7. The van der Waals surface area contributed by atoms with Crippen LogP contribution in [0.1, 0.15) is 22.9 Å². The number of pyridine rings is 2. The molecule has 4 rings (SSSR count). The largest absolute Gasteiger partial charge is 0.439 e. The van der Waals surface area contributed by atoms with E-state index in [0.29, 0.717) is 17.8 Å². The Bertz CT molecular complexity index is 999. The Labute approximate surface area is 160 Å². The second-order valence-corrected chi connectivity index (χ2v) is 5.66. The number of carbonyl (C=O) groups is 1. The van der Waals surface area contributed by atoms with E-state index >= 15 is 0 Å². The van der Waals surface area contributed by atoms with Gasteiger partial charge in [-0.1, -0.05) is 24.1 Å². The number of hydrogen-bond donors (Lipinski definition) is 1. The van der Waals surface area contributed by atoms with Crippen LogP contribution < -0.4 is 5.32 Å². The van der Waals surface area contributed by atoms with Gasteiger partial charge in [0.1, 0.15) is 17.6 Å². The molecular weight excluding hydrogens is 364 g/mol. The van der Waals surface area contributed by atoms with Crippen molar-refractivity contribution in [2.75, 3.05) is 6.54 Å². The van der Waals surface area contributed by atoms with Gasteiger partial charge in [0.25, 0.3) is 0 Å². The third-order valence-corrected chi connectivity index (χ3v) is 3.65. The molecule has 28 heavy (non-hydrogen) atoms. The monoisotopic (exact) mass is 379 g/mol. The lowest BCUT2D eigenvalue weighted by molar-refractivity contribution is 0.141. The standard InChI is InChI=1S/C12H7FN2.C9H8FNO2/c13-12-9-10(6-8-15-12)4-5-11-3-1-2-7-14-11;10-7-3-1-6(2-4-7)8-5-11-9(12)13-8/h1-3,6-9H;1-4,8H,5H2,(H,11,12)/t;8-/m.1/s1. The minimum atomic E-state index is -0.525. The molecule has 1 aromatic carbocycles. The Balaban J connectivity index is 0.000000162. The molecule has 1 N–H and O–H groups in total. The Kier molecular flexibility index (Phi) is 6.26. The maximum Gasteiger partial charge on any atom is 0.407 e. The summed E-state index contributed by atoms with van der Waals surface area (Å²) in [7, 11) is 0. The highest BCUT2D eigenvalue weighted by Crippen LogP contribution is 2.20. The van der Waals surface area contributed by atoms with Crippen molar-refractivity contribution in [2.24, 2.45) is 0 Å². The van der Waals surface area contributed by atoms with Gasteiger partial charge < -0.3 is 10.1 Å². The van der Waals surface area contributed by atoms with E-state index in [2.05, 4.69) is 27.1 Å². The number of benzene rings is 1. The maximum atomic E-state index is 12.7. The van der Waals surface area contributed by atoms with Crippen molar-refractivity contribution < 1.29 is 18.3 Å². The summed E-state index contributed by atoms with van der Waals surface area (Å²) in [4.78, 5) is 18.2. The van der Waals surface area contributed by atoms with Crippen LogP contribution in [0.2, 0.25) is 0 Å². The van der Waals surface area contributed by atoms with E-state index in [9.17, 15) is 13.6 Å². The third-order valence-electron chi connectivity index (χ3n) is 3.65. The van der Waals surface area contributed by atoms with Crippen molar-refractivity contribution in [1.29, 1.82) is 0 Å². The number of hydrogen-bond acceptors (Lipinski definition) is 4. The van der Waals surface area contributed by atoms with Crippen LogP contribution in [0.15, 0.2) is 67.0 Å². The fraction of sp³-hybridized carbons (Fsp3) is 0.0952. The van der Waals surface area contributed by atoms with Crippen molar-refractivity contribution in [3.8, 4) is 11.8 Å². The topological polar surface area (TPSA) is 64.1 Å². The second-order valence-electron chi connectivity index (χ2n) is 5.66. The Morgan fingerprint density at radius 3 is 2.46 bits per heavy atom. The number of nitrogens with one attached hydrogen (secondary N) is 1. The molecule has 3 aromatic rings. The number of amides is 1. The van der Waals surface area contributed by atoms with Gasteiger partial charge in [-0.3, -0.25) is 0 Å². The second kappa shape index (κ2) is 9.24. The van der Waals surface area contributed by atoms with Crippen LogP contribution in [0.4, 0.5) is 13.6 Å². The molecule has 0 spiro atoms. The molecule has 7 heteroatoms. The van der Waals surface area contributed by atoms with Crippen molar-refractivity contribution in [1.82, 2.24) is 15.3 Å². The quantitative estimate of drug-likeness (QED) is 0.518. The molecule has 0 radical (unpaired) electrons. The summed E-state index contributed by atoms with van der Waals surface area (Å²) in [5.74, 6) is 4.83. The summed E-state index contributed by atoms with van der Waals surface area (Å²) >= 11 is 0. The highest BCUT2D eigenvalue weighted by molar-refractivity contribution is 5.69. The summed E-state index contributed by atoms with van der Waals surface area (Å²) in [6.07, 6.45) is 2.34. The molecule has 1 saturated heterocycles. The number of carbonyl (C=O) groups excluding carboxylic acids is 1. The molecule has 1 atom stereocenters. The summed E-state index contributed by atoms with van der Waals surface area (Å²) in [5.41, 5.74) is 2.06. The van der Waals surface area contributed by atoms with E-state index in [1.807, 2.05) is 12.1 Å². The van der Waals surface area contributed by atoms with Gasteiger partial charge in [-0.2, -0.15) is 4.39 Å². The van der Waals surface area contributed by atoms with E-state index in [1.165, 1.54) is 24.4 Å². The zero-order valence-electron chi connectivity index (χ0n) is 14.6. The van der Waals surface area contributed by atoms with Crippen LogP contribution in [0.3, 0.4) is 0 Å². The minimum Gasteiger partial charge on any atom is -0.439 e. The van der Waals surface area contributed by atoms with Crippen molar-refractivity contribution in [2.45, 2.75) is 6.10 Å². The number of cyclic esters (lactones) is 1. The predicted octanol–water partition coefficient (Wildman–Crippen LogP) is 3.62. The Morgan fingerprint density at radius 2 is 1.82 bits per heavy atom. The number of aromatic nitrogens is 2. The first-order valence-electron chi connectivity index (χ1n) is 8.35. The van der Waals surface area contributed by atoms with Crippen LogP contribution in [0.5, 0.6) is 0 Å². The normalized spacial score (nSPS) is 14.6. The first kappa shape index (κ1) is 19.0. The van der Waals surface area contributed by atoms with Gasteiger partial charge >= 0.3 is 6.09 Å². The Morgan fingerprint density at radius 1 is 1.00 bits per heavy atom. The lowest BCUT2D eigenvalue weighted by Gasteiger charge is -2.06. The molecule has 1 aliphatic heterocycles. The van der Waals surface area contributed by atoms with Gasteiger partial charge in [0.15, 0.2) is 0 Å². The highest BCUT2D eigenvalue weighted by Gasteiger charge is 2.23. The molecule has 0 bridgehead atoms. The molecular formula is C21H15F2N3O2. The molecule has 1 amide bonds. The van der Waals surface area contributed by atoms with Crippen LogP contribution in [-0.2, 0) is 4.74 Å². The number of alkyl carbamates (subject to hydrolysis) is 1. The number of halogens is 2. The number of nitrogens with zero attached hydrogens (tertiary/aromatic N) is 2. The van der Waals surface area contributed by atoms with E-state index < -0.39 is 12.0 Å². The van der Waals surface area contributed by atoms with Crippen molar-refractivity contribution in [3.05, 3.63) is 95.6 Å². The zero-order valence-corrected chi connectivity index (χ0v) is 14.6. The fourth-order valence-corrected chi connectivity index (χ4v) is 2.31. The van der Waals surface area contributed by atoms with Crippen LogP contribution in [-0.4, -0.2) is 22.6 Å². The van der Waals surface area contributed by atoms with Gasteiger partial charge in [-0.25, -0.2) is 19.2 Å². The Hall–Kier alpha value is -3.79. The van der Waals surface area contributed by atoms with Crippen molar-refractivity contribution in [3.63, 3.8) is 0 Å². The SMILES string of the molecule is Fc1cc(C#Cc2ccccn2)ccn1.O=C1NC[C@H](c2ccc(F)cc2)O1. The average Bonchev–Trinajstić information content (AvgIpc) is 3.15. The van der Waals surface area contributed by atoms with Crippen LogP contribution in [0, 0.1) is 23.6 Å². The number of ether oxygens (including phenoxy) is 1. The summed E-state index contributed by atoms with van der Waals surface area (Å²) in [6, 6.07) is 14.3. The molecule has 3 heterocycles. The molecule has 1 fully saturated rings. The van der Waals surface area contributed by atoms with Gasteiger partial charge in [0.2, 0.25) is 5.95 Å². The molecule has 0 aliphatic carbocycles. The zero-order chi connectivity index (χ0) is 19.8. The number of rotatable bonds is 1. The third kappa shape index (κ3) is 5.61. The lowest BCUT2D eigenvalue weighted by atomic mass is 10.1.